The minimum absolute atomic E-state index is 0.0154. The number of carbonyl (C=O) groups excluding carboxylic acids is 1. The smallest absolute Gasteiger partial charge is 0.343 e. The number of nitrogens with zero attached hydrogens (tertiary/aromatic N) is 3. The first kappa shape index (κ1) is 22.4. The molecule has 0 aliphatic heterocycles. The van der Waals surface area contributed by atoms with Crippen molar-refractivity contribution in [2.24, 2.45) is 7.05 Å². The molecule has 0 fully saturated rings. The topological polar surface area (TPSA) is 89.5 Å². The van der Waals surface area contributed by atoms with Crippen LogP contribution < -0.4 is 15.2 Å². The molecule has 1 heterocycles. The lowest BCUT2D eigenvalue weighted by Gasteiger charge is -2.16. The number of aromatic nitrogens is 3. The van der Waals surface area contributed by atoms with Gasteiger partial charge in [0.05, 0.1) is 0 Å². The number of H-pyrrole nitrogens is 1. The van der Waals surface area contributed by atoms with E-state index in [-0.39, 0.29) is 30.4 Å². The van der Waals surface area contributed by atoms with Gasteiger partial charge in [-0.05, 0) is 42.8 Å². The Morgan fingerprint density at radius 3 is 2.61 bits per heavy atom. The van der Waals surface area contributed by atoms with E-state index in [9.17, 15) is 14.0 Å². The highest BCUT2D eigenvalue weighted by Crippen LogP contribution is 2.38. The van der Waals surface area contributed by atoms with Gasteiger partial charge >= 0.3 is 5.69 Å². The number of amides is 1. The van der Waals surface area contributed by atoms with Crippen molar-refractivity contribution in [2.75, 3.05) is 20.7 Å². The van der Waals surface area contributed by atoms with Gasteiger partial charge in [0.25, 0.3) is 5.91 Å². The first-order valence-corrected chi connectivity index (χ1v) is 9.71. The summed E-state index contributed by atoms with van der Waals surface area (Å²) < 4.78 is 27.4. The number of benzene rings is 2. The highest BCUT2D eigenvalue weighted by atomic mass is 35.5. The van der Waals surface area contributed by atoms with Gasteiger partial charge < -0.3 is 14.4 Å². The quantitative estimate of drug-likeness (QED) is 0.600. The molecular formula is C21H22ClFN4O4. The predicted molar refractivity (Wildman–Crippen MR) is 114 cm³/mol. The molecule has 0 aliphatic carbocycles. The summed E-state index contributed by atoms with van der Waals surface area (Å²) in [7, 11) is 4.80. The van der Waals surface area contributed by atoms with Crippen LogP contribution in [0, 0.1) is 12.7 Å². The average Bonchev–Trinajstić information content (AvgIpc) is 3.05. The van der Waals surface area contributed by atoms with E-state index in [4.69, 9.17) is 21.1 Å². The Balaban J connectivity index is 1.94. The fourth-order valence-electron chi connectivity index (χ4n) is 2.71. The summed E-state index contributed by atoms with van der Waals surface area (Å²) in [6.07, 6.45) is 0. The summed E-state index contributed by atoms with van der Waals surface area (Å²) in [5.74, 6) is 0.325. The van der Waals surface area contributed by atoms with Crippen LogP contribution in [-0.2, 0) is 18.4 Å². The Bertz CT molecular complexity index is 1170. The van der Waals surface area contributed by atoms with Gasteiger partial charge in [0.1, 0.15) is 23.9 Å². The Kier molecular flexibility index (Phi) is 6.65. The van der Waals surface area contributed by atoms with E-state index in [2.05, 4.69) is 10.2 Å². The fraction of sp³-hybridized carbons (Fsp3) is 0.286. The minimum atomic E-state index is -0.511. The van der Waals surface area contributed by atoms with Gasteiger partial charge in [0, 0.05) is 37.3 Å². The first-order chi connectivity index (χ1) is 14.7. The van der Waals surface area contributed by atoms with E-state index >= 15 is 0 Å². The van der Waals surface area contributed by atoms with Crippen LogP contribution in [-0.4, -0.2) is 46.3 Å². The molecular weight excluding hydrogens is 427 g/mol. The van der Waals surface area contributed by atoms with Crippen molar-refractivity contribution in [3.8, 4) is 22.6 Å². The molecule has 0 radical (unpaired) electrons. The summed E-state index contributed by atoms with van der Waals surface area (Å²) in [6.45, 7) is 1.60. The normalized spacial score (nSPS) is 10.8. The van der Waals surface area contributed by atoms with E-state index in [0.717, 1.165) is 5.56 Å². The van der Waals surface area contributed by atoms with Gasteiger partial charge in [-0.25, -0.2) is 14.3 Å². The van der Waals surface area contributed by atoms with E-state index in [1.165, 1.54) is 27.7 Å². The first-order valence-electron chi connectivity index (χ1n) is 9.33. The van der Waals surface area contributed by atoms with Crippen LogP contribution >= 0.6 is 11.6 Å². The third kappa shape index (κ3) is 5.05. The maximum atomic E-state index is 14.7. The number of rotatable bonds is 7. The molecule has 0 saturated heterocycles. The van der Waals surface area contributed by atoms with Crippen LogP contribution in [0.4, 0.5) is 4.39 Å². The predicted octanol–water partition coefficient (Wildman–Crippen LogP) is 2.92. The largest absolute Gasteiger partial charge is 0.485 e. The third-order valence-electron chi connectivity index (χ3n) is 4.68. The SMILES string of the molecule is Cc1cc(OCc2n[nH]c(=O)n2C)c(-c2cc(OCC(=O)N(C)C)ccc2F)cc1Cl. The number of aryl methyl sites for hydroxylation is 1. The second-order valence-corrected chi connectivity index (χ2v) is 7.52. The van der Waals surface area contributed by atoms with Gasteiger partial charge in [0.2, 0.25) is 0 Å². The Morgan fingerprint density at radius 2 is 1.97 bits per heavy atom. The number of hydrogen-bond donors (Lipinski definition) is 1. The number of ether oxygens (including phenoxy) is 2. The number of aromatic amines is 1. The summed E-state index contributed by atoms with van der Waals surface area (Å²) in [5, 5.41) is 6.67. The standard InChI is InChI=1S/C21H22ClFN4O4/c1-12-7-18(31-10-19-24-25-21(29)27(19)4)15(9-16(12)22)14-8-13(5-6-17(14)23)30-11-20(28)26(2)3/h5-9H,10-11H2,1-4H3,(H,25,29). The molecule has 3 aromatic rings. The van der Waals surface area contributed by atoms with Gasteiger partial charge in [-0.1, -0.05) is 11.6 Å². The van der Waals surface area contributed by atoms with Crippen molar-refractivity contribution in [2.45, 2.75) is 13.5 Å². The highest BCUT2D eigenvalue weighted by molar-refractivity contribution is 6.31. The van der Waals surface area contributed by atoms with Gasteiger partial charge in [0.15, 0.2) is 12.4 Å². The maximum Gasteiger partial charge on any atom is 0.343 e. The molecule has 31 heavy (non-hydrogen) atoms. The molecule has 10 heteroatoms. The van der Waals surface area contributed by atoms with E-state index in [1.807, 2.05) is 0 Å². The summed E-state index contributed by atoms with van der Waals surface area (Å²) >= 11 is 6.29. The van der Waals surface area contributed by atoms with Crippen LogP contribution in [0.25, 0.3) is 11.1 Å². The minimum Gasteiger partial charge on any atom is -0.485 e. The molecule has 2 aromatic carbocycles. The molecule has 164 valence electrons. The Labute approximate surface area is 183 Å². The second kappa shape index (κ2) is 9.22. The van der Waals surface area contributed by atoms with Crippen LogP contribution in [0.15, 0.2) is 35.1 Å². The average molecular weight is 449 g/mol. The lowest BCUT2D eigenvalue weighted by Crippen LogP contribution is -2.27. The highest BCUT2D eigenvalue weighted by Gasteiger charge is 2.17. The lowest BCUT2D eigenvalue weighted by atomic mass is 10.0. The summed E-state index contributed by atoms with van der Waals surface area (Å²) in [4.78, 5) is 24.7. The van der Waals surface area contributed by atoms with Crippen molar-refractivity contribution >= 4 is 17.5 Å². The molecule has 1 amide bonds. The molecule has 0 saturated carbocycles. The number of halogens is 2. The molecule has 0 bridgehead atoms. The van der Waals surface area contributed by atoms with E-state index < -0.39 is 5.82 Å². The van der Waals surface area contributed by atoms with Crippen LogP contribution in [0.2, 0.25) is 5.02 Å². The van der Waals surface area contributed by atoms with Crippen LogP contribution in [0.5, 0.6) is 11.5 Å². The molecule has 3 rings (SSSR count). The fourth-order valence-corrected chi connectivity index (χ4v) is 2.87. The lowest BCUT2D eigenvalue weighted by molar-refractivity contribution is -0.130. The van der Waals surface area contributed by atoms with Crippen LogP contribution in [0.1, 0.15) is 11.4 Å². The Morgan fingerprint density at radius 1 is 1.23 bits per heavy atom. The number of likely N-dealkylation sites (N-methyl/N-ethyl adjacent to an activating group) is 1. The number of carbonyl (C=O) groups is 1. The van der Waals surface area contributed by atoms with Gasteiger partial charge in [-0.15, -0.1) is 0 Å². The van der Waals surface area contributed by atoms with E-state index in [0.29, 0.717) is 27.9 Å². The van der Waals surface area contributed by atoms with Crippen molar-refractivity contribution in [3.63, 3.8) is 0 Å². The summed E-state index contributed by atoms with van der Waals surface area (Å²) in [5.41, 5.74) is 0.968. The van der Waals surface area contributed by atoms with Crippen LogP contribution in [0.3, 0.4) is 0 Å². The Hall–Kier alpha value is -3.33. The summed E-state index contributed by atoms with van der Waals surface area (Å²) in [6, 6.07) is 7.46. The van der Waals surface area contributed by atoms with Crippen molar-refractivity contribution in [3.05, 3.63) is 63.0 Å². The zero-order chi connectivity index (χ0) is 22.7. The zero-order valence-electron chi connectivity index (χ0n) is 17.5. The molecule has 1 aromatic heterocycles. The molecule has 1 N–H and O–H groups in total. The van der Waals surface area contributed by atoms with Crippen molar-refractivity contribution < 1.29 is 18.7 Å². The van der Waals surface area contributed by atoms with Crippen molar-refractivity contribution in [1.82, 2.24) is 19.7 Å². The molecule has 8 nitrogen and oxygen atoms in total. The third-order valence-corrected chi connectivity index (χ3v) is 5.09. The van der Waals surface area contributed by atoms with Crippen molar-refractivity contribution in [1.29, 1.82) is 0 Å². The maximum absolute atomic E-state index is 14.7. The van der Waals surface area contributed by atoms with E-state index in [1.54, 1.807) is 40.2 Å². The molecule has 0 spiro atoms. The zero-order valence-corrected chi connectivity index (χ0v) is 18.3. The molecule has 0 unspecified atom stereocenters. The van der Waals surface area contributed by atoms with Gasteiger partial charge in [-0.3, -0.25) is 9.36 Å². The van der Waals surface area contributed by atoms with Gasteiger partial charge in [-0.2, -0.15) is 5.10 Å². The number of nitrogens with one attached hydrogen (secondary N) is 1. The monoisotopic (exact) mass is 448 g/mol. The second-order valence-electron chi connectivity index (χ2n) is 7.11. The molecule has 0 atom stereocenters. The molecule has 0 aliphatic rings. The number of hydrogen-bond acceptors (Lipinski definition) is 5.